The summed E-state index contributed by atoms with van der Waals surface area (Å²) in [6.07, 6.45) is 0. The molecule has 0 unspecified atom stereocenters. The molecule has 3 nitrogen and oxygen atoms in total. The molecule has 0 amide bonds. The molecule has 0 aliphatic rings. The number of phenols is 1. The number of hydrogen-bond acceptors (Lipinski definition) is 2. The first-order valence-corrected chi connectivity index (χ1v) is 4.14. The average molecular weight is 225 g/mol. The highest BCUT2D eigenvalue weighted by atomic mass is 35.5. The van der Waals surface area contributed by atoms with Crippen LogP contribution in [-0.2, 0) is 0 Å². The lowest BCUT2D eigenvalue weighted by Gasteiger charge is -2.03. The molecule has 0 spiro atoms. The van der Waals surface area contributed by atoms with Gasteiger partial charge in [0.25, 0.3) is 0 Å². The van der Waals surface area contributed by atoms with E-state index < -0.39 is 5.97 Å². The number of halogens is 1. The summed E-state index contributed by atoms with van der Waals surface area (Å²) < 4.78 is 0. The normalized spacial score (nSPS) is 9.60. The molecule has 0 radical (unpaired) electrons. The predicted octanol–water partition coefficient (Wildman–Crippen LogP) is 2.67. The van der Waals surface area contributed by atoms with Crippen LogP contribution in [0.25, 0.3) is 10.8 Å². The van der Waals surface area contributed by atoms with E-state index in [4.69, 9.17) is 5.11 Å². The highest BCUT2D eigenvalue weighted by Crippen LogP contribution is 2.28. The van der Waals surface area contributed by atoms with Crippen LogP contribution in [0.1, 0.15) is 10.4 Å². The van der Waals surface area contributed by atoms with Gasteiger partial charge in [-0.05, 0) is 11.5 Å². The molecule has 0 atom stereocenters. The van der Waals surface area contributed by atoms with Crippen molar-refractivity contribution in [1.29, 1.82) is 0 Å². The summed E-state index contributed by atoms with van der Waals surface area (Å²) in [5, 5.41) is 19.8. The average Bonchev–Trinajstić information content (AvgIpc) is 2.18. The van der Waals surface area contributed by atoms with Crippen molar-refractivity contribution in [3.05, 3.63) is 42.0 Å². The monoisotopic (exact) mass is 224 g/mol. The Balaban J connectivity index is 0.00000112. The van der Waals surface area contributed by atoms with Crippen molar-refractivity contribution >= 4 is 29.1 Å². The molecule has 0 saturated heterocycles. The molecule has 0 bridgehead atoms. The Bertz CT molecular complexity index is 508. The van der Waals surface area contributed by atoms with E-state index in [0.29, 0.717) is 5.39 Å². The van der Waals surface area contributed by atoms with Gasteiger partial charge in [-0.15, -0.1) is 12.4 Å². The highest BCUT2D eigenvalue weighted by Gasteiger charge is 2.11. The van der Waals surface area contributed by atoms with Gasteiger partial charge in [0.2, 0.25) is 0 Å². The zero-order valence-electron chi connectivity index (χ0n) is 7.68. The van der Waals surface area contributed by atoms with Crippen molar-refractivity contribution in [1.82, 2.24) is 0 Å². The van der Waals surface area contributed by atoms with E-state index in [1.54, 1.807) is 18.2 Å². The number of benzene rings is 2. The zero-order valence-corrected chi connectivity index (χ0v) is 8.49. The molecule has 2 rings (SSSR count). The molecule has 0 aromatic heterocycles. The first kappa shape index (κ1) is 11.3. The van der Waals surface area contributed by atoms with Gasteiger partial charge >= 0.3 is 5.97 Å². The molecule has 0 aliphatic heterocycles. The summed E-state index contributed by atoms with van der Waals surface area (Å²) in [6, 6.07) is 10.2. The Morgan fingerprint density at radius 3 is 2.40 bits per heavy atom. The number of hydrogen-bond donors (Lipinski definition) is 2. The van der Waals surface area contributed by atoms with E-state index in [1.807, 2.05) is 12.1 Å². The number of rotatable bonds is 1. The Kier molecular flexibility index (Phi) is 3.17. The van der Waals surface area contributed by atoms with Crippen molar-refractivity contribution in [3.63, 3.8) is 0 Å². The van der Waals surface area contributed by atoms with Gasteiger partial charge in [-0.2, -0.15) is 0 Å². The number of fused-ring (bicyclic) bond motifs is 1. The van der Waals surface area contributed by atoms with Crippen LogP contribution in [0.3, 0.4) is 0 Å². The molecular weight excluding hydrogens is 216 g/mol. The molecule has 2 aromatic carbocycles. The van der Waals surface area contributed by atoms with Crippen LogP contribution in [0.15, 0.2) is 36.4 Å². The van der Waals surface area contributed by atoms with E-state index in [0.717, 1.165) is 5.39 Å². The van der Waals surface area contributed by atoms with Gasteiger partial charge in [-0.3, -0.25) is 0 Å². The lowest BCUT2D eigenvalue weighted by Crippen LogP contribution is -1.96. The lowest BCUT2D eigenvalue weighted by molar-refractivity contribution is 0.0694. The third kappa shape index (κ3) is 1.87. The molecule has 0 saturated carbocycles. The fourth-order valence-electron chi connectivity index (χ4n) is 1.43. The maximum Gasteiger partial charge on any atom is 0.339 e. The molecule has 78 valence electrons. The lowest BCUT2D eigenvalue weighted by atomic mass is 10.1. The quantitative estimate of drug-likeness (QED) is 0.783. The standard InChI is InChI=1S/C11H8O3.ClH/c12-10-8-4-2-1-3-7(8)5-6-9(10)11(13)14;/h1-6,12H,(H,13,14);1H. The third-order valence-electron chi connectivity index (χ3n) is 2.13. The van der Waals surface area contributed by atoms with Gasteiger partial charge < -0.3 is 10.2 Å². The molecule has 0 fully saturated rings. The van der Waals surface area contributed by atoms with Gasteiger partial charge in [-0.1, -0.05) is 30.3 Å². The smallest absolute Gasteiger partial charge is 0.339 e. The van der Waals surface area contributed by atoms with Gasteiger partial charge in [-0.25, -0.2) is 4.79 Å². The summed E-state index contributed by atoms with van der Waals surface area (Å²) in [5.41, 5.74) is -0.0660. The van der Waals surface area contributed by atoms with Gasteiger partial charge in [0, 0.05) is 5.39 Å². The van der Waals surface area contributed by atoms with E-state index >= 15 is 0 Å². The molecule has 4 heteroatoms. The van der Waals surface area contributed by atoms with Crippen molar-refractivity contribution < 1.29 is 15.0 Å². The zero-order chi connectivity index (χ0) is 10.1. The van der Waals surface area contributed by atoms with E-state index in [-0.39, 0.29) is 23.7 Å². The Morgan fingerprint density at radius 1 is 1.07 bits per heavy atom. The van der Waals surface area contributed by atoms with Gasteiger partial charge in [0.1, 0.15) is 11.3 Å². The SMILES string of the molecule is Cl.O=C(O)c1ccc2ccccc2c1O. The molecule has 0 aliphatic carbocycles. The summed E-state index contributed by atoms with van der Waals surface area (Å²) in [7, 11) is 0. The third-order valence-corrected chi connectivity index (χ3v) is 2.13. The van der Waals surface area contributed by atoms with Crippen LogP contribution in [0.4, 0.5) is 0 Å². The highest BCUT2D eigenvalue weighted by molar-refractivity contribution is 6.00. The van der Waals surface area contributed by atoms with E-state index in [1.165, 1.54) is 6.07 Å². The second kappa shape index (κ2) is 4.19. The number of carboxylic acid groups (broad SMARTS) is 1. The number of carbonyl (C=O) groups is 1. The first-order chi connectivity index (χ1) is 6.70. The fraction of sp³-hybridized carbons (Fsp3) is 0. The minimum Gasteiger partial charge on any atom is -0.506 e. The van der Waals surface area contributed by atoms with Crippen LogP contribution in [-0.4, -0.2) is 16.2 Å². The Labute approximate surface area is 92.4 Å². The summed E-state index contributed by atoms with van der Waals surface area (Å²) in [5.74, 6) is -1.29. The van der Waals surface area contributed by atoms with Crippen LogP contribution in [0.5, 0.6) is 5.75 Å². The number of aromatic hydroxyl groups is 1. The minimum atomic E-state index is -1.12. The van der Waals surface area contributed by atoms with Crippen molar-refractivity contribution in [2.24, 2.45) is 0 Å². The van der Waals surface area contributed by atoms with Gasteiger partial charge in [0.05, 0.1) is 0 Å². The Morgan fingerprint density at radius 2 is 1.73 bits per heavy atom. The molecule has 15 heavy (non-hydrogen) atoms. The molecule has 2 N–H and O–H groups in total. The van der Waals surface area contributed by atoms with Crippen LogP contribution < -0.4 is 0 Å². The summed E-state index contributed by atoms with van der Waals surface area (Å²) >= 11 is 0. The first-order valence-electron chi connectivity index (χ1n) is 4.14. The van der Waals surface area contributed by atoms with Gasteiger partial charge in [0.15, 0.2) is 0 Å². The fourth-order valence-corrected chi connectivity index (χ4v) is 1.43. The van der Waals surface area contributed by atoms with Crippen LogP contribution >= 0.6 is 12.4 Å². The number of carboxylic acids is 1. The molecular formula is C11H9ClO3. The van der Waals surface area contributed by atoms with Crippen molar-refractivity contribution in [2.45, 2.75) is 0 Å². The largest absolute Gasteiger partial charge is 0.506 e. The second-order valence-corrected chi connectivity index (χ2v) is 2.99. The predicted molar refractivity (Wildman–Crippen MR) is 59.8 cm³/mol. The van der Waals surface area contributed by atoms with Crippen LogP contribution in [0, 0.1) is 0 Å². The maximum absolute atomic E-state index is 10.7. The summed E-state index contributed by atoms with van der Waals surface area (Å²) in [4.78, 5) is 10.7. The van der Waals surface area contributed by atoms with E-state index in [9.17, 15) is 9.90 Å². The summed E-state index contributed by atoms with van der Waals surface area (Å²) in [6.45, 7) is 0. The van der Waals surface area contributed by atoms with Crippen LogP contribution in [0.2, 0.25) is 0 Å². The molecule has 0 heterocycles. The minimum absolute atomic E-state index is 0. The second-order valence-electron chi connectivity index (χ2n) is 2.99. The Hall–Kier alpha value is -1.74. The van der Waals surface area contributed by atoms with Crippen molar-refractivity contribution in [2.75, 3.05) is 0 Å². The van der Waals surface area contributed by atoms with Crippen molar-refractivity contribution in [3.8, 4) is 5.75 Å². The number of aromatic carboxylic acids is 1. The van der Waals surface area contributed by atoms with E-state index in [2.05, 4.69) is 0 Å². The molecule has 2 aromatic rings. The maximum atomic E-state index is 10.7. The topological polar surface area (TPSA) is 57.5 Å².